The second-order valence-electron chi connectivity index (χ2n) is 6.56. The molecule has 1 saturated heterocycles. The fourth-order valence-corrected chi connectivity index (χ4v) is 3.78. The zero-order valence-corrected chi connectivity index (χ0v) is 14.3. The number of carbonyl (C=O) groups excluding carboxylic acids is 1. The van der Waals surface area contributed by atoms with Crippen LogP contribution in [0.25, 0.3) is 0 Å². The van der Waals surface area contributed by atoms with Crippen LogP contribution in [0.4, 0.5) is 5.13 Å². The minimum atomic E-state index is -0.0170. The first-order valence-electron chi connectivity index (χ1n) is 8.53. The molecule has 0 radical (unpaired) electrons. The lowest BCUT2D eigenvalue weighted by atomic mass is 9.85. The zero-order chi connectivity index (χ0) is 16.4. The van der Waals surface area contributed by atoms with Crippen LogP contribution in [0.1, 0.15) is 49.8 Å². The van der Waals surface area contributed by atoms with Crippen LogP contribution >= 0.6 is 11.3 Å². The number of nitrogens with zero attached hydrogens (tertiary/aromatic N) is 4. The van der Waals surface area contributed by atoms with Crippen molar-refractivity contribution in [3.05, 3.63) is 23.4 Å². The number of rotatable bonds is 5. The third-order valence-electron chi connectivity index (χ3n) is 4.83. The van der Waals surface area contributed by atoms with E-state index in [-0.39, 0.29) is 11.8 Å². The molecule has 1 aliphatic heterocycles. The van der Waals surface area contributed by atoms with E-state index in [2.05, 4.69) is 25.4 Å². The summed E-state index contributed by atoms with van der Waals surface area (Å²) in [6.07, 6.45) is 7.17. The monoisotopic (exact) mass is 347 g/mol. The summed E-state index contributed by atoms with van der Waals surface area (Å²) < 4.78 is 5.80. The highest BCUT2D eigenvalue weighted by Crippen LogP contribution is 2.35. The van der Waals surface area contributed by atoms with Crippen molar-refractivity contribution < 1.29 is 9.21 Å². The van der Waals surface area contributed by atoms with Gasteiger partial charge in [-0.2, -0.15) is 0 Å². The molecule has 1 N–H and O–H groups in total. The Kier molecular flexibility index (Phi) is 4.57. The molecule has 2 aromatic heterocycles. The van der Waals surface area contributed by atoms with Crippen LogP contribution in [0.2, 0.25) is 0 Å². The largest absolute Gasteiger partial charge is 0.424 e. The van der Waals surface area contributed by atoms with Gasteiger partial charge in [-0.3, -0.25) is 9.69 Å². The first-order valence-corrected chi connectivity index (χ1v) is 9.41. The van der Waals surface area contributed by atoms with E-state index < -0.39 is 0 Å². The molecule has 2 aromatic rings. The molecular weight excluding hydrogens is 326 g/mol. The van der Waals surface area contributed by atoms with Gasteiger partial charge < -0.3 is 9.73 Å². The molecule has 0 spiro atoms. The Morgan fingerprint density at radius 1 is 1.33 bits per heavy atom. The Morgan fingerprint density at radius 3 is 3.00 bits per heavy atom. The van der Waals surface area contributed by atoms with Gasteiger partial charge in [0.15, 0.2) is 5.13 Å². The van der Waals surface area contributed by atoms with Crippen LogP contribution in [-0.2, 0) is 11.3 Å². The highest BCUT2D eigenvalue weighted by atomic mass is 32.1. The number of carbonyl (C=O) groups is 1. The standard InChI is InChI=1S/C16H21N5O2S/c22-14(18-16-17-6-8-24-16)12-5-2-7-21(9-12)10-13-19-20-15(23-13)11-3-1-4-11/h6,8,11-12H,1-5,7,9-10H2,(H,17,18,22). The highest BCUT2D eigenvalue weighted by Gasteiger charge is 2.28. The van der Waals surface area contributed by atoms with E-state index in [1.54, 1.807) is 6.20 Å². The van der Waals surface area contributed by atoms with Gasteiger partial charge in [-0.15, -0.1) is 21.5 Å². The smallest absolute Gasteiger partial charge is 0.230 e. The second-order valence-corrected chi connectivity index (χ2v) is 7.46. The summed E-state index contributed by atoms with van der Waals surface area (Å²) in [6.45, 7) is 2.31. The maximum Gasteiger partial charge on any atom is 0.230 e. The number of anilines is 1. The van der Waals surface area contributed by atoms with Crippen LogP contribution in [-0.4, -0.2) is 39.1 Å². The van der Waals surface area contributed by atoms with Gasteiger partial charge in [0.1, 0.15) is 0 Å². The van der Waals surface area contributed by atoms with E-state index in [9.17, 15) is 4.79 Å². The number of aromatic nitrogens is 3. The van der Waals surface area contributed by atoms with E-state index in [0.717, 1.165) is 44.7 Å². The van der Waals surface area contributed by atoms with Gasteiger partial charge in [0.2, 0.25) is 17.7 Å². The minimum absolute atomic E-state index is 0.0170. The van der Waals surface area contributed by atoms with Crippen molar-refractivity contribution in [3.8, 4) is 0 Å². The Bertz CT molecular complexity index is 682. The van der Waals surface area contributed by atoms with Crippen LogP contribution in [0, 0.1) is 5.92 Å². The van der Waals surface area contributed by atoms with Gasteiger partial charge >= 0.3 is 0 Å². The van der Waals surface area contributed by atoms with Crippen LogP contribution in [0.15, 0.2) is 16.0 Å². The summed E-state index contributed by atoms with van der Waals surface area (Å²) in [5.74, 6) is 1.95. The molecule has 2 aliphatic rings. The van der Waals surface area contributed by atoms with Gasteiger partial charge in [-0.1, -0.05) is 6.42 Å². The molecule has 1 atom stereocenters. The lowest BCUT2D eigenvalue weighted by Gasteiger charge is -2.30. The van der Waals surface area contributed by atoms with E-state index in [1.807, 2.05) is 5.38 Å². The van der Waals surface area contributed by atoms with Crippen LogP contribution in [0.5, 0.6) is 0 Å². The molecule has 0 bridgehead atoms. The summed E-state index contributed by atoms with van der Waals surface area (Å²) in [7, 11) is 0. The molecule has 0 aromatic carbocycles. The van der Waals surface area contributed by atoms with Crippen molar-refractivity contribution in [1.82, 2.24) is 20.1 Å². The van der Waals surface area contributed by atoms with Gasteiger partial charge in [-0.05, 0) is 32.2 Å². The van der Waals surface area contributed by atoms with E-state index in [4.69, 9.17) is 4.42 Å². The van der Waals surface area contributed by atoms with Gasteiger partial charge in [0.05, 0.1) is 12.5 Å². The highest BCUT2D eigenvalue weighted by molar-refractivity contribution is 7.13. The minimum Gasteiger partial charge on any atom is -0.424 e. The van der Waals surface area contributed by atoms with Crippen molar-refractivity contribution in [3.63, 3.8) is 0 Å². The Labute approximate surface area is 144 Å². The van der Waals surface area contributed by atoms with E-state index >= 15 is 0 Å². The normalized spacial score (nSPS) is 22.2. The summed E-state index contributed by atoms with van der Waals surface area (Å²) in [5.41, 5.74) is 0. The van der Waals surface area contributed by atoms with Crippen molar-refractivity contribution in [2.75, 3.05) is 18.4 Å². The van der Waals surface area contributed by atoms with Gasteiger partial charge in [0.25, 0.3) is 0 Å². The molecule has 8 heteroatoms. The molecule has 3 heterocycles. The Hall–Kier alpha value is -1.80. The van der Waals surface area contributed by atoms with Crippen molar-refractivity contribution in [1.29, 1.82) is 0 Å². The number of nitrogens with one attached hydrogen (secondary N) is 1. The zero-order valence-electron chi connectivity index (χ0n) is 13.5. The predicted octanol–water partition coefficient (Wildman–Crippen LogP) is 2.64. The van der Waals surface area contributed by atoms with Gasteiger partial charge in [0, 0.05) is 24.0 Å². The number of amides is 1. The van der Waals surface area contributed by atoms with Crippen LogP contribution < -0.4 is 5.32 Å². The number of likely N-dealkylation sites (tertiary alicyclic amines) is 1. The van der Waals surface area contributed by atoms with Crippen molar-refractivity contribution >= 4 is 22.4 Å². The molecule has 1 saturated carbocycles. The first-order chi connectivity index (χ1) is 11.8. The van der Waals surface area contributed by atoms with Crippen molar-refractivity contribution in [2.24, 2.45) is 5.92 Å². The molecule has 7 nitrogen and oxygen atoms in total. The summed E-state index contributed by atoms with van der Waals surface area (Å²) in [4.78, 5) is 18.7. The summed E-state index contributed by atoms with van der Waals surface area (Å²) in [5, 5.41) is 13.8. The average Bonchev–Trinajstić information content (AvgIpc) is 3.18. The average molecular weight is 347 g/mol. The molecule has 1 amide bonds. The summed E-state index contributed by atoms with van der Waals surface area (Å²) in [6, 6.07) is 0. The summed E-state index contributed by atoms with van der Waals surface area (Å²) >= 11 is 1.44. The molecule has 2 fully saturated rings. The lowest BCUT2D eigenvalue weighted by molar-refractivity contribution is -0.121. The van der Waals surface area contributed by atoms with Crippen LogP contribution in [0.3, 0.4) is 0 Å². The predicted molar refractivity (Wildman–Crippen MR) is 89.6 cm³/mol. The molecule has 128 valence electrons. The second kappa shape index (κ2) is 6.98. The maximum atomic E-state index is 12.4. The molecule has 1 unspecified atom stereocenters. The molecule has 1 aliphatic carbocycles. The molecule has 24 heavy (non-hydrogen) atoms. The van der Waals surface area contributed by atoms with Crippen molar-refractivity contribution in [2.45, 2.75) is 44.6 Å². The van der Waals surface area contributed by atoms with Gasteiger partial charge in [-0.25, -0.2) is 4.98 Å². The van der Waals surface area contributed by atoms with E-state index in [1.165, 1.54) is 17.8 Å². The lowest BCUT2D eigenvalue weighted by Crippen LogP contribution is -2.40. The Balaban J connectivity index is 1.32. The maximum absolute atomic E-state index is 12.4. The van der Waals surface area contributed by atoms with E-state index in [0.29, 0.717) is 23.5 Å². The number of hydrogen-bond donors (Lipinski definition) is 1. The fourth-order valence-electron chi connectivity index (χ4n) is 3.25. The Morgan fingerprint density at radius 2 is 2.25 bits per heavy atom. The number of hydrogen-bond acceptors (Lipinski definition) is 7. The number of thiazole rings is 1. The first kappa shape index (κ1) is 15.7. The topological polar surface area (TPSA) is 84.2 Å². The number of piperidine rings is 1. The fraction of sp³-hybridized carbons (Fsp3) is 0.625. The molecular formula is C16H21N5O2S. The third-order valence-corrected chi connectivity index (χ3v) is 5.52. The molecule has 4 rings (SSSR count). The quantitative estimate of drug-likeness (QED) is 0.895. The SMILES string of the molecule is O=C(Nc1nccs1)C1CCCN(Cc2nnc(C3CCC3)o2)C1. The third kappa shape index (κ3) is 3.49.